The zero-order valence-corrected chi connectivity index (χ0v) is 16.5. The molecule has 0 aromatic heterocycles. The number of nitrogens with one attached hydrogen (secondary N) is 2. The third kappa shape index (κ3) is 3.88. The molecule has 148 valence electrons. The van der Waals surface area contributed by atoms with Crippen molar-refractivity contribution in [3.8, 4) is 11.5 Å². The van der Waals surface area contributed by atoms with Crippen molar-refractivity contribution in [3.05, 3.63) is 42.5 Å². The van der Waals surface area contributed by atoms with Crippen molar-refractivity contribution in [3.63, 3.8) is 0 Å². The Kier molecular flexibility index (Phi) is 5.44. The third-order valence-corrected chi connectivity index (χ3v) is 4.90. The van der Waals surface area contributed by atoms with Crippen molar-refractivity contribution in [1.29, 1.82) is 0 Å². The van der Waals surface area contributed by atoms with Gasteiger partial charge in [0.2, 0.25) is 11.8 Å². The normalized spacial score (nSPS) is 14.0. The first-order chi connectivity index (χ1) is 13.4. The molecule has 2 aromatic carbocycles. The van der Waals surface area contributed by atoms with E-state index in [2.05, 4.69) is 10.6 Å². The van der Waals surface area contributed by atoms with E-state index in [-0.39, 0.29) is 11.8 Å². The zero-order valence-electron chi connectivity index (χ0n) is 16.5. The van der Waals surface area contributed by atoms with Crippen molar-refractivity contribution in [2.45, 2.75) is 12.8 Å². The average molecular weight is 383 g/mol. The molecule has 3 rings (SSSR count). The largest absolute Gasteiger partial charge is 0.493 e. The Bertz CT molecular complexity index is 874. The average Bonchev–Trinajstić information content (AvgIpc) is 3.50. The molecule has 0 saturated heterocycles. The Balaban J connectivity index is 1.68. The first kappa shape index (κ1) is 19.5. The molecular formula is C21H25N3O4. The summed E-state index contributed by atoms with van der Waals surface area (Å²) < 4.78 is 10.5. The summed E-state index contributed by atoms with van der Waals surface area (Å²) >= 11 is 0. The Morgan fingerprint density at radius 1 is 0.857 bits per heavy atom. The van der Waals surface area contributed by atoms with E-state index in [1.54, 1.807) is 25.3 Å². The van der Waals surface area contributed by atoms with E-state index in [0.717, 1.165) is 5.69 Å². The Labute approximate surface area is 164 Å². The monoisotopic (exact) mass is 383 g/mol. The highest BCUT2D eigenvalue weighted by molar-refractivity contribution is 6.17. The van der Waals surface area contributed by atoms with Crippen molar-refractivity contribution in [2.75, 3.05) is 43.8 Å². The molecule has 0 radical (unpaired) electrons. The molecule has 7 heteroatoms. The van der Waals surface area contributed by atoms with Crippen LogP contribution in [-0.4, -0.2) is 40.1 Å². The van der Waals surface area contributed by atoms with Gasteiger partial charge in [0.05, 0.1) is 14.2 Å². The first-order valence-electron chi connectivity index (χ1n) is 9.02. The van der Waals surface area contributed by atoms with Crippen LogP contribution in [0.15, 0.2) is 42.5 Å². The standard InChI is InChI=1S/C21H25N3O4/c1-24(2)16-8-5-14(6-9-16)22-19(25)21(11-12-21)20(26)23-15-7-10-17(27-3)18(13-15)28-4/h5-10,13H,11-12H2,1-4H3,(H,22,25)(H,23,26). The zero-order chi connectivity index (χ0) is 20.3. The second-order valence-corrected chi connectivity index (χ2v) is 7.00. The number of carbonyl (C=O) groups excluding carboxylic acids is 2. The number of hydrogen-bond donors (Lipinski definition) is 2. The second-order valence-electron chi connectivity index (χ2n) is 7.00. The molecule has 2 amide bonds. The van der Waals surface area contributed by atoms with Crippen LogP contribution < -0.4 is 25.0 Å². The SMILES string of the molecule is COc1ccc(NC(=O)C2(C(=O)Nc3ccc(N(C)C)cc3)CC2)cc1OC. The van der Waals surface area contributed by atoms with Crippen molar-refractivity contribution in [1.82, 2.24) is 0 Å². The number of methoxy groups -OCH3 is 2. The van der Waals surface area contributed by atoms with Crippen LogP contribution in [0.2, 0.25) is 0 Å². The summed E-state index contributed by atoms with van der Waals surface area (Å²) in [5.74, 6) is 0.473. The molecule has 0 unspecified atom stereocenters. The van der Waals surface area contributed by atoms with Gasteiger partial charge < -0.3 is 25.0 Å². The minimum absolute atomic E-state index is 0.289. The maximum Gasteiger partial charge on any atom is 0.240 e. The number of benzene rings is 2. The second kappa shape index (κ2) is 7.80. The summed E-state index contributed by atoms with van der Waals surface area (Å²) in [7, 11) is 6.97. The van der Waals surface area contributed by atoms with Crippen LogP contribution in [-0.2, 0) is 9.59 Å². The van der Waals surface area contributed by atoms with Crippen LogP contribution in [0.25, 0.3) is 0 Å². The summed E-state index contributed by atoms with van der Waals surface area (Å²) in [6.07, 6.45) is 1.04. The van der Waals surface area contributed by atoms with E-state index < -0.39 is 5.41 Å². The highest BCUT2D eigenvalue weighted by atomic mass is 16.5. The lowest BCUT2D eigenvalue weighted by Crippen LogP contribution is -2.35. The van der Waals surface area contributed by atoms with Crippen LogP contribution in [0.1, 0.15) is 12.8 Å². The number of ether oxygens (including phenoxy) is 2. The summed E-state index contributed by atoms with van der Waals surface area (Å²) in [5.41, 5.74) is 1.22. The van der Waals surface area contributed by atoms with Crippen LogP contribution >= 0.6 is 0 Å². The van der Waals surface area contributed by atoms with Gasteiger partial charge in [-0.3, -0.25) is 9.59 Å². The van der Waals surface area contributed by atoms with E-state index >= 15 is 0 Å². The van der Waals surface area contributed by atoms with Crippen LogP contribution in [0, 0.1) is 5.41 Å². The highest BCUT2D eigenvalue weighted by Gasteiger charge is 2.56. The number of anilines is 3. The maximum atomic E-state index is 12.8. The first-order valence-corrected chi connectivity index (χ1v) is 9.02. The summed E-state index contributed by atoms with van der Waals surface area (Å²) in [5, 5.41) is 5.67. The molecule has 1 saturated carbocycles. The minimum atomic E-state index is -1.03. The number of hydrogen-bond acceptors (Lipinski definition) is 5. The number of carbonyl (C=O) groups is 2. The molecular weight excluding hydrogens is 358 g/mol. The molecule has 0 heterocycles. The van der Waals surface area contributed by atoms with Gasteiger partial charge in [-0.2, -0.15) is 0 Å². The van der Waals surface area contributed by atoms with Gasteiger partial charge in [-0.25, -0.2) is 0 Å². The topological polar surface area (TPSA) is 79.9 Å². The maximum absolute atomic E-state index is 12.8. The lowest BCUT2D eigenvalue weighted by molar-refractivity contribution is -0.131. The number of amides is 2. The van der Waals surface area contributed by atoms with Crippen LogP contribution in [0.5, 0.6) is 11.5 Å². The Hall–Kier alpha value is -3.22. The molecule has 1 aliphatic carbocycles. The summed E-state index contributed by atoms with van der Waals surface area (Å²) in [4.78, 5) is 27.5. The van der Waals surface area contributed by atoms with Gasteiger partial charge in [0, 0.05) is 37.2 Å². The van der Waals surface area contributed by atoms with Crippen molar-refractivity contribution < 1.29 is 19.1 Å². The van der Waals surface area contributed by atoms with Gasteiger partial charge in [0.25, 0.3) is 0 Å². The van der Waals surface area contributed by atoms with Crippen LogP contribution in [0.3, 0.4) is 0 Å². The molecule has 1 fully saturated rings. The summed E-state index contributed by atoms with van der Waals surface area (Å²) in [6.45, 7) is 0. The van der Waals surface area contributed by atoms with Gasteiger partial charge in [-0.15, -0.1) is 0 Å². The molecule has 0 spiro atoms. The number of rotatable bonds is 7. The Morgan fingerprint density at radius 2 is 1.39 bits per heavy atom. The molecule has 0 atom stereocenters. The van der Waals surface area contributed by atoms with E-state index in [1.807, 2.05) is 43.3 Å². The third-order valence-electron chi connectivity index (χ3n) is 4.90. The van der Waals surface area contributed by atoms with E-state index in [1.165, 1.54) is 7.11 Å². The molecule has 7 nitrogen and oxygen atoms in total. The van der Waals surface area contributed by atoms with Crippen molar-refractivity contribution >= 4 is 28.9 Å². The minimum Gasteiger partial charge on any atom is -0.493 e. The Morgan fingerprint density at radius 3 is 1.89 bits per heavy atom. The highest BCUT2D eigenvalue weighted by Crippen LogP contribution is 2.47. The van der Waals surface area contributed by atoms with Gasteiger partial charge in [-0.05, 0) is 49.2 Å². The summed E-state index contributed by atoms with van der Waals surface area (Å²) in [6, 6.07) is 12.6. The molecule has 2 aromatic rings. The molecule has 28 heavy (non-hydrogen) atoms. The van der Waals surface area contributed by atoms with Gasteiger partial charge >= 0.3 is 0 Å². The molecule has 1 aliphatic rings. The lowest BCUT2D eigenvalue weighted by atomic mass is 10.0. The molecule has 0 aliphatic heterocycles. The van der Waals surface area contributed by atoms with Gasteiger partial charge in [0.1, 0.15) is 5.41 Å². The van der Waals surface area contributed by atoms with E-state index in [0.29, 0.717) is 35.7 Å². The van der Waals surface area contributed by atoms with Crippen molar-refractivity contribution in [2.24, 2.45) is 5.41 Å². The smallest absolute Gasteiger partial charge is 0.240 e. The fourth-order valence-electron chi connectivity index (χ4n) is 2.94. The lowest BCUT2D eigenvalue weighted by Gasteiger charge is -2.17. The van der Waals surface area contributed by atoms with E-state index in [9.17, 15) is 9.59 Å². The predicted molar refractivity (Wildman–Crippen MR) is 109 cm³/mol. The number of nitrogens with zero attached hydrogens (tertiary/aromatic N) is 1. The quantitative estimate of drug-likeness (QED) is 0.718. The van der Waals surface area contributed by atoms with Gasteiger partial charge in [0.15, 0.2) is 11.5 Å². The predicted octanol–water partition coefficient (Wildman–Crippen LogP) is 3.13. The fourth-order valence-corrected chi connectivity index (χ4v) is 2.94. The fraction of sp³-hybridized carbons (Fsp3) is 0.333. The molecule has 2 N–H and O–H groups in total. The van der Waals surface area contributed by atoms with E-state index in [4.69, 9.17) is 9.47 Å². The van der Waals surface area contributed by atoms with Gasteiger partial charge in [-0.1, -0.05) is 0 Å². The van der Waals surface area contributed by atoms with Crippen LogP contribution in [0.4, 0.5) is 17.1 Å². The molecule has 0 bridgehead atoms.